The Balaban J connectivity index is 1.13. The zero-order valence-corrected chi connectivity index (χ0v) is 34.3. The smallest absolute Gasteiger partial charge is 0.242 e. The molecule has 0 amide bonds. The van der Waals surface area contributed by atoms with Gasteiger partial charge in [-0.15, -0.1) is 0 Å². The third-order valence-electron chi connectivity index (χ3n) is 13.5. The molecule has 12 rings (SSSR count). The first kappa shape index (κ1) is 35.5. The van der Waals surface area contributed by atoms with E-state index in [1.165, 1.54) is 92.9 Å². The van der Waals surface area contributed by atoms with Crippen LogP contribution in [0.3, 0.4) is 0 Å². The molecule has 0 atom stereocenters. The van der Waals surface area contributed by atoms with Gasteiger partial charge in [-0.25, -0.2) is 0 Å². The number of anilines is 3. The maximum absolute atomic E-state index is 2.53. The Hall–Kier alpha value is -7.42. The molecule has 0 heterocycles. The molecule has 0 fully saturated rings. The van der Waals surface area contributed by atoms with Crippen LogP contribution in [0.1, 0.15) is 25.0 Å². The third-order valence-corrected chi connectivity index (χ3v) is 13.5. The molecule has 0 unspecified atom stereocenters. The van der Waals surface area contributed by atoms with Gasteiger partial charge in [0.25, 0.3) is 0 Å². The zero-order valence-electron chi connectivity index (χ0n) is 34.3. The van der Waals surface area contributed by atoms with E-state index in [-0.39, 0.29) is 12.1 Å². The second-order valence-corrected chi connectivity index (χ2v) is 17.2. The summed E-state index contributed by atoms with van der Waals surface area (Å²) in [5, 5.41) is 10.2. The lowest BCUT2D eigenvalue weighted by Gasteiger charge is -2.31. The predicted octanol–water partition coefficient (Wildman–Crippen LogP) is 13.7. The normalized spacial score (nSPS) is 12.9. The highest BCUT2D eigenvalue weighted by Gasteiger charge is 2.36. The van der Waals surface area contributed by atoms with Gasteiger partial charge < -0.3 is 4.90 Å². The minimum Gasteiger partial charge on any atom is -0.309 e. The van der Waals surface area contributed by atoms with Crippen LogP contribution in [0.4, 0.5) is 17.1 Å². The number of hydrogen-bond donors (Lipinski definition) is 0. The van der Waals surface area contributed by atoms with E-state index in [9.17, 15) is 0 Å². The number of para-hydroxylation sites is 1. The first-order valence-electron chi connectivity index (χ1n) is 21.5. The van der Waals surface area contributed by atoms with Crippen molar-refractivity contribution in [2.24, 2.45) is 0 Å². The summed E-state index contributed by atoms with van der Waals surface area (Å²) in [4.78, 5) is 2.53. The molecule has 1 aliphatic carbocycles. The summed E-state index contributed by atoms with van der Waals surface area (Å²) >= 11 is 0. The SMILES string of the molecule is CC1(C)c2ccccc2-c2ccc(N(c3ccccc3-c3ccccc3)c3ccc4ccc5c(B(c6ccccc6)c6cccc7ccccc67)ccc6ccc3c4c65)cc21. The van der Waals surface area contributed by atoms with Crippen LogP contribution in [0.5, 0.6) is 0 Å². The highest BCUT2D eigenvalue weighted by molar-refractivity contribution is 6.98. The maximum atomic E-state index is 2.53. The van der Waals surface area contributed by atoms with E-state index < -0.39 is 0 Å². The Labute approximate surface area is 357 Å². The summed E-state index contributed by atoms with van der Waals surface area (Å²) in [7, 11) is 0. The van der Waals surface area contributed by atoms with Crippen LogP contribution in [0.15, 0.2) is 218 Å². The largest absolute Gasteiger partial charge is 0.309 e. The molecule has 0 N–H and O–H groups in total. The van der Waals surface area contributed by atoms with Crippen molar-refractivity contribution in [1.82, 2.24) is 0 Å². The molecule has 0 bridgehead atoms. The topological polar surface area (TPSA) is 3.24 Å². The van der Waals surface area contributed by atoms with Crippen LogP contribution in [-0.2, 0) is 5.41 Å². The Bertz CT molecular complexity index is 3450. The fourth-order valence-corrected chi connectivity index (χ4v) is 10.7. The molecule has 1 nitrogen and oxygen atoms in total. The molecule has 0 saturated carbocycles. The maximum Gasteiger partial charge on any atom is 0.242 e. The first-order chi connectivity index (χ1) is 30.0. The lowest BCUT2D eigenvalue weighted by Crippen LogP contribution is -2.52. The van der Waals surface area contributed by atoms with E-state index in [4.69, 9.17) is 0 Å². The molecule has 0 spiro atoms. The summed E-state index contributed by atoms with van der Waals surface area (Å²) in [5.41, 5.74) is 15.1. The van der Waals surface area contributed by atoms with Crippen molar-refractivity contribution in [3.63, 3.8) is 0 Å². The van der Waals surface area contributed by atoms with Crippen LogP contribution in [0.2, 0.25) is 0 Å². The van der Waals surface area contributed by atoms with E-state index in [1.807, 2.05) is 0 Å². The summed E-state index contributed by atoms with van der Waals surface area (Å²) in [6, 6.07) is 81.3. The van der Waals surface area contributed by atoms with E-state index >= 15 is 0 Å². The van der Waals surface area contributed by atoms with E-state index in [0.717, 1.165) is 17.1 Å². The molecule has 1 aliphatic rings. The molecule has 61 heavy (non-hydrogen) atoms. The minimum absolute atomic E-state index is 0.0458. The average molecular weight is 776 g/mol. The second kappa shape index (κ2) is 13.8. The third kappa shape index (κ3) is 5.49. The van der Waals surface area contributed by atoms with Gasteiger partial charge in [-0.05, 0) is 89.8 Å². The molecule has 0 aliphatic heterocycles. The van der Waals surface area contributed by atoms with Crippen LogP contribution in [0.25, 0.3) is 65.3 Å². The average Bonchev–Trinajstić information content (AvgIpc) is 3.55. The van der Waals surface area contributed by atoms with Gasteiger partial charge >= 0.3 is 0 Å². The molecule has 0 aromatic heterocycles. The van der Waals surface area contributed by atoms with Crippen molar-refractivity contribution in [3.8, 4) is 22.3 Å². The number of benzene rings is 11. The van der Waals surface area contributed by atoms with Crippen molar-refractivity contribution in [1.29, 1.82) is 0 Å². The van der Waals surface area contributed by atoms with E-state index in [0.29, 0.717) is 0 Å². The van der Waals surface area contributed by atoms with Gasteiger partial charge in [0, 0.05) is 22.1 Å². The van der Waals surface area contributed by atoms with Crippen LogP contribution < -0.4 is 21.3 Å². The van der Waals surface area contributed by atoms with Gasteiger partial charge in [-0.1, -0.05) is 224 Å². The highest BCUT2D eigenvalue weighted by atomic mass is 15.1. The Morgan fingerprint density at radius 1 is 0.377 bits per heavy atom. The number of rotatable bonds is 7. The Kier molecular flexibility index (Phi) is 8.05. The molecular weight excluding hydrogens is 733 g/mol. The standard InChI is InChI=1S/C59H42BN/c1-59(2)51-25-13-11-24-47(51)48-35-32-44(38-52(48)59)61(55-27-14-12-23-46(55)40-16-5-3-6-17-40)56-37-31-42-28-33-49-54(36-30-41-29-34-50(56)58(42)57(41)49)60(43-20-7-4-8-21-43)53-26-15-19-39-18-9-10-22-45(39)53/h3-38H,1-2H3. The summed E-state index contributed by atoms with van der Waals surface area (Å²) < 4.78 is 0. The lowest BCUT2D eigenvalue weighted by molar-refractivity contribution is 0.660. The van der Waals surface area contributed by atoms with E-state index in [2.05, 4.69) is 237 Å². The molecule has 11 aromatic carbocycles. The van der Waals surface area contributed by atoms with Gasteiger partial charge in [-0.2, -0.15) is 0 Å². The van der Waals surface area contributed by atoms with Crippen molar-refractivity contribution in [3.05, 3.63) is 230 Å². The van der Waals surface area contributed by atoms with E-state index in [1.54, 1.807) is 0 Å². The van der Waals surface area contributed by atoms with Crippen molar-refractivity contribution < 1.29 is 0 Å². The molecule has 0 radical (unpaired) electrons. The first-order valence-corrected chi connectivity index (χ1v) is 21.5. The van der Waals surface area contributed by atoms with Gasteiger partial charge in [0.05, 0.1) is 11.4 Å². The second-order valence-electron chi connectivity index (χ2n) is 17.2. The Morgan fingerprint density at radius 3 is 1.82 bits per heavy atom. The summed E-state index contributed by atoms with van der Waals surface area (Å²) in [5.74, 6) is 0. The number of nitrogens with zero attached hydrogens (tertiary/aromatic N) is 1. The lowest BCUT2D eigenvalue weighted by atomic mass is 9.35. The van der Waals surface area contributed by atoms with Gasteiger partial charge in [0.1, 0.15) is 0 Å². The van der Waals surface area contributed by atoms with Crippen molar-refractivity contribution >= 4 is 83.3 Å². The van der Waals surface area contributed by atoms with Gasteiger partial charge in [0.2, 0.25) is 6.71 Å². The minimum atomic E-state index is -0.134. The molecule has 11 aromatic rings. The van der Waals surface area contributed by atoms with Crippen LogP contribution in [-0.4, -0.2) is 6.71 Å². The highest BCUT2D eigenvalue weighted by Crippen LogP contribution is 2.52. The zero-order chi connectivity index (χ0) is 40.7. The number of hydrogen-bond acceptors (Lipinski definition) is 1. The number of fused-ring (bicyclic) bond motifs is 4. The molecular formula is C59H42BN. The molecule has 2 heteroatoms. The summed E-state index contributed by atoms with van der Waals surface area (Å²) in [6.45, 7) is 4.79. The van der Waals surface area contributed by atoms with Crippen LogP contribution in [0, 0.1) is 0 Å². The van der Waals surface area contributed by atoms with Crippen LogP contribution >= 0.6 is 0 Å². The Morgan fingerprint density at radius 2 is 0.984 bits per heavy atom. The fourth-order valence-electron chi connectivity index (χ4n) is 10.7. The monoisotopic (exact) mass is 775 g/mol. The van der Waals surface area contributed by atoms with Crippen molar-refractivity contribution in [2.45, 2.75) is 19.3 Å². The quantitative estimate of drug-likeness (QED) is 0.115. The predicted molar refractivity (Wildman–Crippen MR) is 263 cm³/mol. The fraction of sp³-hybridized carbons (Fsp3) is 0.0508. The van der Waals surface area contributed by atoms with Gasteiger partial charge in [-0.3, -0.25) is 0 Å². The van der Waals surface area contributed by atoms with Gasteiger partial charge in [0.15, 0.2) is 0 Å². The summed E-state index contributed by atoms with van der Waals surface area (Å²) in [6.07, 6.45) is 0. The molecule has 0 saturated heterocycles. The van der Waals surface area contributed by atoms with Crippen molar-refractivity contribution in [2.75, 3.05) is 4.90 Å². The molecule has 286 valence electrons.